The van der Waals surface area contributed by atoms with Gasteiger partial charge in [0, 0.05) is 17.1 Å². The lowest BCUT2D eigenvalue weighted by atomic mass is 10.1. The largest absolute Gasteiger partial charge is 0.459 e. The van der Waals surface area contributed by atoms with E-state index in [-0.39, 0.29) is 17.0 Å². The predicted octanol–water partition coefficient (Wildman–Crippen LogP) is 4.03. The van der Waals surface area contributed by atoms with E-state index >= 15 is 0 Å². The van der Waals surface area contributed by atoms with Gasteiger partial charge in [0.1, 0.15) is 18.2 Å². The summed E-state index contributed by atoms with van der Waals surface area (Å²) >= 11 is 12.3. The van der Waals surface area contributed by atoms with Gasteiger partial charge in [-0.3, -0.25) is 0 Å². The Morgan fingerprint density at radius 3 is 2.72 bits per heavy atom. The molecule has 0 unspecified atom stereocenters. The summed E-state index contributed by atoms with van der Waals surface area (Å²) in [6.07, 6.45) is 2.78. The molecule has 0 N–H and O–H groups in total. The topological polar surface area (TPSA) is 66.2 Å². The maximum Gasteiger partial charge on any atom is 0.342 e. The smallest absolute Gasteiger partial charge is 0.342 e. The fourth-order valence-corrected chi connectivity index (χ4v) is 2.92. The summed E-state index contributed by atoms with van der Waals surface area (Å²) < 4.78 is 6.80. The molecule has 1 aromatic carbocycles. The van der Waals surface area contributed by atoms with Gasteiger partial charge in [-0.1, -0.05) is 23.7 Å². The van der Waals surface area contributed by atoms with E-state index in [0.717, 1.165) is 5.39 Å². The normalized spacial score (nSPS) is 11.1. The summed E-state index contributed by atoms with van der Waals surface area (Å²) in [4.78, 5) is 25.9. The number of carbonyl (C=O) groups is 1. The van der Waals surface area contributed by atoms with Crippen molar-refractivity contribution in [3.05, 3.63) is 46.5 Å². The lowest BCUT2D eigenvalue weighted by Crippen LogP contribution is -2.14. The number of benzene rings is 1. The van der Waals surface area contributed by atoms with E-state index in [1.807, 2.05) is 12.1 Å². The maximum absolute atomic E-state index is 12.4. The number of nitrogens with zero attached hydrogens (tertiary/aromatic N) is 3. The molecule has 0 atom stereocenters. The number of ether oxygens (including phenoxy) is 1. The lowest BCUT2D eigenvalue weighted by molar-refractivity contribution is 0.0378. The summed E-state index contributed by atoms with van der Waals surface area (Å²) in [5.74, 6) is -0.526. The van der Waals surface area contributed by atoms with Gasteiger partial charge in [0.05, 0.1) is 23.0 Å². The molecule has 0 aliphatic heterocycles. The zero-order chi connectivity index (χ0) is 18.1. The van der Waals surface area contributed by atoms with E-state index in [4.69, 9.17) is 32.8 Å². The summed E-state index contributed by atoms with van der Waals surface area (Å²) in [5.41, 5.74) is 1.88. The monoisotopic (exact) mass is 379 g/mol. The van der Waals surface area contributed by atoms with Crippen molar-refractivity contribution in [2.75, 3.05) is 7.11 Å². The molecule has 130 valence electrons. The van der Waals surface area contributed by atoms with Gasteiger partial charge < -0.3 is 9.57 Å². The van der Waals surface area contributed by atoms with Crippen molar-refractivity contribution < 1.29 is 14.4 Å². The highest BCUT2D eigenvalue weighted by atomic mass is 35.5. The van der Waals surface area contributed by atoms with Crippen LogP contribution in [-0.2, 0) is 4.74 Å². The van der Waals surface area contributed by atoms with E-state index in [0.29, 0.717) is 21.8 Å². The Morgan fingerprint density at radius 2 is 2.04 bits per heavy atom. The highest BCUT2D eigenvalue weighted by Crippen LogP contribution is 2.35. The Bertz CT molecular complexity index is 954. The van der Waals surface area contributed by atoms with Crippen molar-refractivity contribution in [3.8, 4) is 11.3 Å². The molecule has 3 rings (SSSR count). The molecular formula is C17H15Cl2N3O3. The first-order valence-electron chi connectivity index (χ1n) is 7.50. The van der Waals surface area contributed by atoms with Gasteiger partial charge in [0.15, 0.2) is 0 Å². The number of aromatic nitrogens is 3. The molecule has 0 amide bonds. The summed E-state index contributed by atoms with van der Waals surface area (Å²) in [7, 11) is 1.52. The number of carbonyl (C=O) groups excluding carboxylic acids is 1. The van der Waals surface area contributed by atoms with Crippen molar-refractivity contribution in [1.29, 1.82) is 0 Å². The quantitative estimate of drug-likeness (QED) is 0.505. The third-order valence-corrected chi connectivity index (χ3v) is 4.00. The van der Waals surface area contributed by atoms with Crippen LogP contribution in [0.15, 0.2) is 30.6 Å². The van der Waals surface area contributed by atoms with Crippen LogP contribution in [0.3, 0.4) is 0 Å². The molecule has 0 spiro atoms. The van der Waals surface area contributed by atoms with Crippen molar-refractivity contribution >= 4 is 40.1 Å². The van der Waals surface area contributed by atoms with Gasteiger partial charge in [-0.25, -0.2) is 14.8 Å². The van der Waals surface area contributed by atoms with Gasteiger partial charge in [0.2, 0.25) is 5.28 Å². The number of rotatable bonds is 4. The van der Waals surface area contributed by atoms with Crippen molar-refractivity contribution in [2.24, 2.45) is 0 Å². The highest BCUT2D eigenvalue weighted by molar-refractivity contribution is 6.35. The second-order valence-corrected chi connectivity index (χ2v) is 6.29. The Hall–Kier alpha value is -2.31. The van der Waals surface area contributed by atoms with E-state index in [1.54, 1.807) is 26.1 Å². The fraction of sp³-hybridized carbons (Fsp3) is 0.235. The van der Waals surface area contributed by atoms with Gasteiger partial charge in [-0.05, 0) is 31.5 Å². The SMILES string of the molecule is COn1cc(-c2nc(Cl)ncc2C(=O)OC(C)C)c2cccc(Cl)c21. The molecule has 2 aromatic heterocycles. The van der Waals surface area contributed by atoms with Crippen LogP contribution in [0.5, 0.6) is 0 Å². The van der Waals surface area contributed by atoms with Gasteiger partial charge in [0.25, 0.3) is 0 Å². The van der Waals surface area contributed by atoms with Gasteiger partial charge >= 0.3 is 5.97 Å². The van der Waals surface area contributed by atoms with E-state index in [2.05, 4.69) is 9.97 Å². The molecule has 3 aromatic rings. The average Bonchev–Trinajstić information content (AvgIpc) is 2.94. The van der Waals surface area contributed by atoms with E-state index in [1.165, 1.54) is 18.0 Å². The molecule has 2 heterocycles. The molecule has 0 aliphatic rings. The van der Waals surface area contributed by atoms with Crippen molar-refractivity contribution in [1.82, 2.24) is 14.7 Å². The molecule has 6 nitrogen and oxygen atoms in total. The number of para-hydroxylation sites is 1. The van der Waals surface area contributed by atoms with Crippen LogP contribution in [0.2, 0.25) is 10.3 Å². The van der Waals surface area contributed by atoms with Crippen LogP contribution in [0.1, 0.15) is 24.2 Å². The Kier molecular flexibility index (Phi) is 4.83. The minimum Gasteiger partial charge on any atom is -0.459 e. The maximum atomic E-state index is 12.4. The number of fused-ring (bicyclic) bond motifs is 1. The lowest BCUT2D eigenvalue weighted by Gasteiger charge is -2.10. The van der Waals surface area contributed by atoms with Crippen LogP contribution in [0, 0.1) is 0 Å². The first-order chi connectivity index (χ1) is 11.9. The van der Waals surface area contributed by atoms with Crippen molar-refractivity contribution in [2.45, 2.75) is 20.0 Å². The standard InChI is InChI=1S/C17H15Cl2N3O3/c1-9(2)25-16(23)11-7-20-17(19)21-14(11)12-8-22(24-3)15-10(12)5-4-6-13(15)18/h4-9H,1-3H3. The number of esters is 1. The number of halogens is 2. The van der Waals surface area contributed by atoms with E-state index < -0.39 is 5.97 Å². The van der Waals surface area contributed by atoms with Crippen LogP contribution in [-0.4, -0.2) is 33.9 Å². The van der Waals surface area contributed by atoms with Crippen LogP contribution in [0.25, 0.3) is 22.2 Å². The Balaban J connectivity index is 2.27. The molecular weight excluding hydrogens is 365 g/mol. The molecule has 25 heavy (non-hydrogen) atoms. The zero-order valence-electron chi connectivity index (χ0n) is 13.8. The Labute approximate surface area is 154 Å². The zero-order valence-corrected chi connectivity index (χ0v) is 15.3. The fourth-order valence-electron chi connectivity index (χ4n) is 2.53. The van der Waals surface area contributed by atoms with E-state index in [9.17, 15) is 4.79 Å². The first-order valence-corrected chi connectivity index (χ1v) is 8.26. The minimum absolute atomic E-state index is 0.0245. The first kappa shape index (κ1) is 17.5. The van der Waals surface area contributed by atoms with Crippen LogP contribution < -0.4 is 4.84 Å². The number of hydrogen-bond donors (Lipinski definition) is 0. The number of hydrogen-bond acceptors (Lipinski definition) is 5. The van der Waals surface area contributed by atoms with Crippen LogP contribution >= 0.6 is 23.2 Å². The summed E-state index contributed by atoms with van der Waals surface area (Å²) in [6, 6.07) is 5.42. The highest BCUT2D eigenvalue weighted by Gasteiger charge is 2.22. The summed E-state index contributed by atoms with van der Waals surface area (Å²) in [6.45, 7) is 3.54. The summed E-state index contributed by atoms with van der Waals surface area (Å²) in [5, 5.41) is 1.30. The minimum atomic E-state index is -0.526. The Morgan fingerprint density at radius 1 is 1.28 bits per heavy atom. The third kappa shape index (κ3) is 3.27. The van der Waals surface area contributed by atoms with Gasteiger partial charge in [-0.15, -0.1) is 0 Å². The average molecular weight is 380 g/mol. The second-order valence-electron chi connectivity index (χ2n) is 5.54. The molecule has 0 aliphatic carbocycles. The van der Waals surface area contributed by atoms with Gasteiger partial charge in [-0.2, -0.15) is 4.73 Å². The van der Waals surface area contributed by atoms with Crippen molar-refractivity contribution in [3.63, 3.8) is 0 Å². The molecule has 0 radical (unpaired) electrons. The molecule has 8 heteroatoms. The molecule has 0 bridgehead atoms. The molecule has 0 fully saturated rings. The second kappa shape index (κ2) is 6.90. The van der Waals surface area contributed by atoms with Crippen LogP contribution in [0.4, 0.5) is 0 Å². The third-order valence-electron chi connectivity index (χ3n) is 3.52. The molecule has 0 saturated heterocycles. The predicted molar refractivity (Wildman–Crippen MR) is 96.0 cm³/mol. The molecule has 0 saturated carbocycles.